The summed E-state index contributed by atoms with van der Waals surface area (Å²) in [6.45, 7) is -0.399. The van der Waals surface area contributed by atoms with Gasteiger partial charge in [-0.2, -0.15) is 13.2 Å². The lowest BCUT2D eigenvalue weighted by molar-refractivity contribution is -0.137. The zero-order valence-corrected chi connectivity index (χ0v) is 17.5. The molecule has 3 rings (SSSR count). The number of hydrogen-bond acceptors (Lipinski definition) is 7. The summed E-state index contributed by atoms with van der Waals surface area (Å²) in [6.07, 6.45) is -3.51. The van der Waals surface area contributed by atoms with Gasteiger partial charge in [0.05, 0.1) is 16.3 Å². The molecule has 0 unspecified atom stereocenters. The molecule has 13 heteroatoms. The molecule has 0 saturated heterocycles. The quantitative estimate of drug-likeness (QED) is 0.359. The van der Waals surface area contributed by atoms with Crippen LogP contribution in [0.15, 0.2) is 48.8 Å². The number of nitrogen functional groups attached to an aromatic ring is 1. The van der Waals surface area contributed by atoms with Gasteiger partial charge in [-0.3, -0.25) is 15.6 Å². The molecule has 0 fully saturated rings. The summed E-state index contributed by atoms with van der Waals surface area (Å²) in [6, 6.07) is 9.36. The minimum Gasteiger partial charge on any atom is -0.482 e. The van der Waals surface area contributed by atoms with Gasteiger partial charge in [0.15, 0.2) is 18.2 Å². The minimum absolute atomic E-state index is 0.0372. The summed E-state index contributed by atoms with van der Waals surface area (Å²) in [4.78, 5) is 19.7. The van der Waals surface area contributed by atoms with E-state index in [4.69, 9.17) is 33.7 Å². The van der Waals surface area contributed by atoms with Gasteiger partial charge in [-0.05, 0) is 30.3 Å². The van der Waals surface area contributed by atoms with Crippen molar-refractivity contribution >= 4 is 52.1 Å². The van der Waals surface area contributed by atoms with Crippen LogP contribution in [0.3, 0.4) is 0 Å². The third-order valence-corrected chi connectivity index (χ3v) is 4.47. The minimum atomic E-state index is -4.58. The molecule has 0 atom stereocenters. The number of nitrogens with zero attached hydrogens (tertiary/aromatic N) is 2. The van der Waals surface area contributed by atoms with Crippen molar-refractivity contribution < 1.29 is 22.7 Å². The predicted molar refractivity (Wildman–Crippen MR) is 115 cm³/mol. The molecule has 0 radical (unpaired) electrons. The number of nitrogens with one attached hydrogen (secondary N) is 3. The molecule has 0 aliphatic heterocycles. The molecular weight excluding hydrogens is 472 g/mol. The standard InChI is InChI=1S/C19H15Cl2F3N6O2/c20-10-5-6-14(12(21)7-10)32-8-15(31)29-30-18-16(25)17(26-9-27-18)28-13-4-2-1-3-11(13)19(22,23)24/h1-7,9H,8,25H2,(H,29,31)(H2,26,27,28,30). The Bertz CT molecular complexity index is 1130. The summed E-state index contributed by atoms with van der Waals surface area (Å²) in [5.41, 5.74) is 9.46. The Hall–Kier alpha value is -3.44. The Morgan fingerprint density at radius 1 is 1.09 bits per heavy atom. The molecule has 168 valence electrons. The first-order chi connectivity index (χ1) is 15.1. The molecule has 0 aliphatic carbocycles. The zero-order chi connectivity index (χ0) is 23.3. The van der Waals surface area contributed by atoms with Crippen LogP contribution in [0.5, 0.6) is 5.75 Å². The summed E-state index contributed by atoms with van der Waals surface area (Å²) in [5.74, 6) is -0.476. The number of benzene rings is 2. The smallest absolute Gasteiger partial charge is 0.418 e. The summed E-state index contributed by atoms with van der Waals surface area (Å²) >= 11 is 11.8. The van der Waals surface area contributed by atoms with E-state index < -0.39 is 24.3 Å². The predicted octanol–water partition coefficient (Wildman–Crippen LogP) is 4.65. The van der Waals surface area contributed by atoms with Crippen LogP contribution in [0.4, 0.5) is 36.2 Å². The number of nitrogens with two attached hydrogens (primary N) is 1. The van der Waals surface area contributed by atoms with E-state index in [1.54, 1.807) is 6.07 Å². The van der Waals surface area contributed by atoms with Crippen molar-refractivity contribution in [2.45, 2.75) is 6.18 Å². The number of hydrogen-bond donors (Lipinski definition) is 4. The molecule has 1 heterocycles. The highest BCUT2D eigenvalue weighted by molar-refractivity contribution is 6.35. The van der Waals surface area contributed by atoms with Crippen molar-refractivity contribution in [3.8, 4) is 5.75 Å². The Morgan fingerprint density at radius 2 is 1.81 bits per heavy atom. The monoisotopic (exact) mass is 486 g/mol. The summed E-state index contributed by atoms with van der Waals surface area (Å²) in [7, 11) is 0. The SMILES string of the molecule is Nc1c(NNC(=O)COc2ccc(Cl)cc2Cl)ncnc1Nc1ccccc1C(F)(F)F. The molecule has 0 spiro atoms. The number of halogens is 5. The molecule has 0 bridgehead atoms. The topological polar surface area (TPSA) is 114 Å². The van der Waals surface area contributed by atoms with Crippen molar-refractivity contribution in [1.82, 2.24) is 15.4 Å². The van der Waals surface area contributed by atoms with Gasteiger partial charge in [-0.15, -0.1) is 0 Å². The number of ether oxygens (including phenoxy) is 1. The van der Waals surface area contributed by atoms with Crippen molar-refractivity contribution in [1.29, 1.82) is 0 Å². The van der Waals surface area contributed by atoms with Gasteiger partial charge >= 0.3 is 6.18 Å². The maximum Gasteiger partial charge on any atom is 0.418 e. The number of anilines is 4. The Morgan fingerprint density at radius 3 is 2.53 bits per heavy atom. The van der Waals surface area contributed by atoms with Crippen LogP contribution in [-0.2, 0) is 11.0 Å². The third kappa shape index (κ3) is 5.83. The third-order valence-electron chi connectivity index (χ3n) is 3.94. The second-order valence-corrected chi connectivity index (χ2v) is 7.03. The van der Waals surface area contributed by atoms with Crippen LogP contribution in [0.2, 0.25) is 10.0 Å². The number of para-hydroxylation sites is 1. The first-order valence-electron chi connectivity index (χ1n) is 8.81. The lowest BCUT2D eigenvalue weighted by atomic mass is 10.1. The first-order valence-corrected chi connectivity index (χ1v) is 9.57. The first kappa shape index (κ1) is 23.2. The Balaban J connectivity index is 1.64. The molecule has 8 nitrogen and oxygen atoms in total. The van der Waals surface area contributed by atoms with E-state index in [-0.39, 0.29) is 33.8 Å². The molecule has 0 saturated carbocycles. The highest BCUT2D eigenvalue weighted by atomic mass is 35.5. The van der Waals surface area contributed by atoms with Crippen LogP contribution >= 0.6 is 23.2 Å². The van der Waals surface area contributed by atoms with Crippen molar-refractivity contribution in [2.75, 3.05) is 23.1 Å². The molecular formula is C19H15Cl2F3N6O2. The number of carbonyl (C=O) groups is 1. The van der Waals surface area contributed by atoms with Gasteiger partial charge in [-0.1, -0.05) is 35.3 Å². The van der Waals surface area contributed by atoms with Gasteiger partial charge in [0.25, 0.3) is 5.91 Å². The van der Waals surface area contributed by atoms with Gasteiger partial charge in [0.1, 0.15) is 17.8 Å². The molecule has 1 aromatic heterocycles. The van der Waals surface area contributed by atoms with Crippen molar-refractivity contribution in [3.63, 3.8) is 0 Å². The number of rotatable bonds is 7. The zero-order valence-electron chi connectivity index (χ0n) is 16.0. The van der Waals surface area contributed by atoms with Crippen LogP contribution in [0.1, 0.15) is 5.56 Å². The van der Waals surface area contributed by atoms with Crippen LogP contribution < -0.4 is 26.6 Å². The van der Waals surface area contributed by atoms with Crippen molar-refractivity contribution in [2.24, 2.45) is 0 Å². The van der Waals surface area contributed by atoms with E-state index in [1.165, 1.54) is 30.3 Å². The number of carbonyl (C=O) groups excluding carboxylic acids is 1. The average molecular weight is 487 g/mol. The van der Waals surface area contributed by atoms with E-state index in [0.717, 1.165) is 12.4 Å². The Labute approximate surface area is 189 Å². The van der Waals surface area contributed by atoms with E-state index in [1.807, 2.05) is 0 Å². The fourth-order valence-corrected chi connectivity index (χ4v) is 2.93. The summed E-state index contributed by atoms with van der Waals surface area (Å²) in [5, 5.41) is 3.18. The maximum absolute atomic E-state index is 13.2. The number of hydrazine groups is 1. The molecule has 1 amide bonds. The van der Waals surface area contributed by atoms with E-state index >= 15 is 0 Å². The van der Waals surface area contributed by atoms with Crippen LogP contribution in [0.25, 0.3) is 0 Å². The highest BCUT2D eigenvalue weighted by Crippen LogP contribution is 2.36. The summed E-state index contributed by atoms with van der Waals surface area (Å²) < 4.78 is 44.9. The number of alkyl halides is 3. The lowest BCUT2D eigenvalue weighted by Crippen LogP contribution is -2.34. The van der Waals surface area contributed by atoms with Crippen LogP contribution in [-0.4, -0.2) is 22.5 Å². The van der Waals surface area contributed by atoms with E-state index in [0.29, 0.717) is 5.02 Å². The normalized spacial score (nSPS) is 11.0. The van der Waals surface area contributed by atoms with E-state index in [9.17, 15) is 18.0 Å². The van der Waals surface area contributed by atoms with Gasteiger partial charge in [0, 0.05) is 5.02 Å². The maximum atomic E-state index is 13.2. The van der Waals surface area contributed by atoms with Crippen molar-refractivity contribution in [3.05, 3.63) is 64.4 Å². The van der Waals surface area contributed by atoms with E-state index in [2.05, 4.69) is 26.1 Å². The molecule has 2 aromatic carbocycles. The van der Waals surface area contributed by atoms with Gasteiger partial charge in [-0.25, -0.2) is 9.97 Å². The highest BCUT2D eigenvalue weighted by Gasteiger charge is 2.33. The average Bonchev–Trinajstić information content (AvgIpc) is 2.73. The largest absolute Gasteiger partial charge is 0.482 e. The number of amides is 1. The molecule has 5 N–H and O–H groups in total. The number of aromatic nitrogens is 2. The fourth-order valence-electron chi connectivity index (χ4n) is 2.46. The van der Waals surface area contributed by atoms with Crippen LogP contribution in [0, 0.1) is 0 Å². The van der Waals surface area contributed by atoms with Gasteiger partial charge < -0.3 is 15.8 Å². The molecule has 0 aliphatic rings. The molecule has 3 aromatic rings. The van der Waals surface area contributed by atoms with Gasteiger partial charge in [0.2, 0.25) is 0 Å². The second kappa shape index (κ2) is 9.79. The molecule has 32 heavy (non-hydrogen) atoms. The fraction of sp³-hybridized carbons (Fsp3) is 0.105. The lowest BCUT2D eigenvalue weighted by Gasteiger charge is -2.16. The second-order valence-electron chi connectivity index (χ2n) is 6.19. The Kier molecular flexibility index (Phi) is 7.11.